The van der Waals surface area contributed by atoms with Crippen molar-refractivity contribution in [2.45, 2.75) is 178 Å². The van der Waals surface area contributed by atoms with Crippen LogP contribution in [0.2, 0.25) is 0 Å². The van der Waals surface area contributed by atoms with Crippen LogP contribution in [0.5, 0.6) is 0 Å². The highest BCUT2D eigenvalue weighted by Gasteiger charge is 2.33. The zero-order chi connectivity index (χ0) is 51.1. The van der Waals surface area contributed by atoms with E-state index in [0.29, 0.717) is 49.9 Å². The van der Waals surface area contributed by atoms with Crippen molar-refractivity contribution in [1.29, 1.82) is 0 Å². The van der Waals surface area contributed by atoms with Crippen LogP contribution in [0.4, 0.5) is 39.5 Å². The molecule has 67 heavy (non-hydrogen) atoms. The van der Waals surface area contributed by atoms with Crippen LogP contribution in [0.3, 0.4) is 0 Å². The second kappa shape index (κ2) is 32.3. The molecule has 0 unspecified atom stereocenters. The van der Waals surface area contributed by atoms with E-state index in [0.717, 1.165) is 133 Å². The van der Waals surface area contributed by atoms with Crippen molar-refractivity contribution in [2.24, 2.45) is 59.2 Å². The highest BCUT2D eigenvalue weighted by molar-refractivity contribution is 4.81. The molecule has 5 heterocycles. The predicted octanol–water partition coefficient (Wildman–Crippen LogP) is 14.0. The van der Waals surface area contributed by atoms with Gasteiger partial charge in [0.15, 0.2) is 0 Å². The van der Waals surface area contributed by atoms with E-state index in [1.165, 1.54) is 30.6 Å². The Morgan fingerprint density at radius 3 is 0.866 bits per heavy atom. The van der Waals surface area contributed by atoms with Crippen molar-refractivity contribution < 1.29 is 39.5 Å². The predicted molar refractivity (Wildman–Crippen MR) is 264 cm³/mol. The van der Waals surface area contributed by atoms with E-state index in [2.05, 4.69) is 79.0 Å². The number of nitrogens with zero attached hydrogens (tertiary/aromatic N) is 5. The van der Waals surface area contributed by atoms with Crippen LogP contribution < -0.4 is 0 Å². The molecule has 0 aromatic rings. The molecule has 0 bridgehead atoms. The molecule has 5 rings (SSSR count). The standard InChI is InChI=1S/C12H24FN.C11H21F2N.C10H18F3N.C10H19F2N.C10H20FN/c1-10(2)11-5-7-14(8-6-11)9-12(3,4)13;1-9(2)10-4-6-14(7-5-10)8-11(3,12)13;1-8(2)9-3-5-14(6-4-9)7-10(11,12)13;1-8(2)9-3-5-13(6-4-9)7-10(11)12;1-9(2)10-3-6-12(7-4-10)8-5-11/h10-11H,5-9H2,1-4H3;9-10H,4-8H2,1-3H3;8-9H,3-7H2,1-2H3;8-10H,3-7H2,1-2H3;9-10H,3-8H2,1-2H3. The van der Waals surface area contributed by atoms with Gasteiger partial charge in [-0.25, -0.2) is 26.3 Å². The Labute approximate surface area is 405 Å². The lowest BCUT2D eigenvalue weighted by atomic mass is 9.86. The Morgan fingerprint density at radius 2 is 0.642 bits per heavy atom. The molecule has 5 aliphatic heterocycles. The van der Waals surface area contributed by atoms with Crippen LogP contribution in [0.25, 0.3) is 0 Å². The van der Waals surface area contributed by atoms with E-state index in [1.54, 1.807) is 13.8 Å². The van der Waals surface area contributed by atoms with Crippen molar-refractivity contribution in [3.8, 4) is 0 Å². The summed E-state index contributed by atoms with van der Waals surface area (Å²) in [5, 5.41) is 0. The summed E-state index contributed by atoms with van der Waals surface area (Å²) in [6.07, 6.45) is 4.95. The molecular weight excluding hydrogens is 878 g/mol. The third-order valence-corrected chi connectivity index (χ3v) is 15.2. The van der Waals surface area contributed by atoms with Crippen molar-refractivity contribution in [2.75, 3.05) is 105 Å². The third kappa shape index (κ3) is 31.3. The lowest BCUT2D eigenvalue weighted by Crippen LogP contribution is -2.41. The zero-order valence-corrected chi connectivity index (χ0v) is 44.9. The van der Waals surface area contributed by atoms with Gasteiger partial charge < -0.3 is 9.80 Å². The van der Waals surface area contributed by atoms with Crippen LogP contribution in [-0.2, 0) is 0 Å². The number of likely N-dealkylation sites (tertiary alicyclic amines) is 5. The molecule has 14 heteroatoms. The summed E-state index contributed by atoms with van der Waals surface area (Å²) in [6.45, 7) is 35.8. The van der Waals surface area contributed by atoms with Gasteiger partial charge in [0.2, 0.25) is 0 Å². The van der Waals surface area contributed by atoms with E-state index >= 15 is 0 Å². The van der Waals surface area contributed by atoms with Gasteiger partial charge in [0.1, 0.15) is 12.3 Å². The highest BCUT2D eigenvalue weighted by Crippen LogP contribution is 2.30. The molecule has 5 saturated heterocycles. The van der Waals surface area contributed by atoms with E-state index in [9.17, 15) is 39.5 Å². The Morgan fingerprint density at radius 1 is 0.388 bits per heavy atom. The maximum atomic E-state index is 13.4. The minimum Gasteiger partial charge on any atom is -0.301 e. The molecule has 0 radical (unpaired) electrons. The first-order valence-corrected chi connectivity index (χ1v) is 26.6. The maximum Gasteiger partial charge on any atom is 0.401 e. The van der Waals surface area contributed by atoms with Gasteiger partial charge in [-0.2, -0.15) is 13.2 Å². The second-order valence-electron chi connectivity index (χ2n) is 23.4. The summed E-state index contributed by atoms with van der Waals surface area (Å²) in [6, 6.07) is 0. The first kappa shape index (κ1) is 64.2. The normalized spacial score (nSPS) is 21.9. The van der Waals surface area contributed by atoms with E-state index in [-0.39, 0.29) is 19.8 Å². The fourth-order valence-corrected chi connectivity index (χ4v) is 10.5. The monoisotopic (exact) mass is 980 g/mol. The van der Waals surface area contributed by atoms with Crippen molar-refractivity contribution in [1.82, 2.24) is 24.5 Å². The largest absolute Gasteiger partial charge is 0.401 e. The average Bonchev–Trinajstić information content (AvgIpc) is 3.21. The van der Waals surface area contributed by atoms with Gasteiger partial charge in [0.25, 0.3) is 12.3 Å². The SMILES string of the molecule is CC(C)C1CCN(CC(C)(C)F)CC1.CC(C)C1CCN(CC(C)(F)F)CC1.CC(C)C1CCN(CC(F)(F)F)CC1.CC(C)C1CCN(CC(F)F)CC1.CC(C)C1CCN(CCF)CC1. The molecule has 0 amide bonds. The minimum absolute atomic E-state index is 0.0369. The minimum atomic E-state index is -4.04. The molecule has 0 aromatic carbocycles. The smallest absolute Gasteiger partial charge is 0.301 e. The molecule has 5 nitrogen and oxygen atoms in total. The number of rotatable bonds is 14. The number of hydrogen-bond donors (Lipinski definition) is 0. The molecule has 402 valence electrons. The molecule has 0 atom stereocenters. The summed E-state index contributed by atoms with van der Waals surface area (Å²) >= 11 is 0. The Bertz CT molecular complexity index is 1090. The Kier molecular flexibility index (Phi) is 30.9. The molecule has 0 aliphatic carbocycles. The summed E-state index contributed by atoms with van der Waals surface area (Å²) in [5.74, 6) is 4.87. The number of halogens is 9. The van der Waals surface area contributed by atoms with E-state index in [4.69, 9.17) is 0 Å². The molecule has 0 aromatic heterocycles. The first-order valence-electron chi connectivity index (χ1n) is 26.6. The van der Waals surface area contributed by atoms with Gasteiger partial charge in [0, 0.05) is 20.0 Å². The van der Waals surface area contributed by atoms with Crippen LogP contribution in [-0.4, -0.2) is 154 Å². The molecular formula is C53H102F9N5. The van der Waals surface area contributed by atoms with Crippen molar-refractivity contribution in [3.63, 3.8) is 0 Å². The summed E-state index contributed by atoms with van der Waals surface area (Å²) in [7, 11) is 0. The molecule has 5 fully saturated rings. The van der Waals surface area contributed by atoms with Crippen LogP contribution >= 0.6 is 0 Å². The van der Waals surface area contributed by atoms with Crippen molar-refractivity contribution in [3.05, 3.63) is 0 Å². The van der Waals surface area contributed by atoms with E-state index < -0.39 is 30.7 Å². The van der Waals surface area contributed by atoms with Gasteiger partial charge in [-0.05, 0) is 203 Å². The first-order chi connectivity index (χ1) is 31.0. The molecule has 0 saturated carbocycles. The van der Waals surface area contributed by atoms with Gasteiger partial charge >= 0.3 is 6.18 Å². The quantitative estimate of drug-likeness (QED) is 0.161. The van der Waals surface area contributed by atoms with Gasteiger partial charge in [-0.1, -0.05) is 69.2 Å². The lowest BCUT2D eigenvalue weighted by Gasteiger charge is -2.35. The number of piperidine rings is 5. The van der Waals surface area contributed by atoms with Gasteiger partial charge in [-0.15, -0.1) is 0 Å². The third-order valence-electron chi connectivity index (χ3n) is 15.2. The van der Waals surface area contributed by atoms with Gasteiger partial charge in [-0.3, -0.25) is 14.7 Å². The number of alkyl halides is 9. The molecule has 5 aliphatic rings. The molecule has 0 spiro atoms. The fourth-order valence-electron chi connectivity index (χ4n) is 10.5. The fraction of sp³-hybridized carbons (Fsp3) is 1.00. The highest BCUT2D eigenvalue weighted by atomic mass is 19.4. The molecule has 0 N–H and O–H groups in total. The maximum absolute atomic E-state index is 13.4. The number of hydrogen-bond acceptors (Lipinski definition) is 5. The van der Waals surface area contributed by atoms with Crippen LogP contribution in [0.1, 0.15) is 154 Å². The van der Waals surface area contributed by atoms with Gasteiger partial charge in [0.05, 0.1) is 19.6 Å². The topological polar surface area (TPSA) is 16.2 Å². The van der Waals surface area contributed by atoms with E-state index in [1.807, 2.05) is 9.80 Å². The lowest BCUT2D eigenvalue weighted by molar-refractivity contribution is -0.149. The zero-order valence-electron chi connectivity index (χ0n) is 44.9. The second-order valence-corrected chi connectivity index (χ2v) is 23.4. The Balaban J connectivity index is 0.000000419. The van der Waals surface area contributed by atoms with Crippen LogP contribution in [0.15, 0.2) is 0 Å². The van der Waals surface area contributed by atoms with Crippen molar-refractivity contribution >= 4 is 0 Å². The summed E-state index contributed by atoms with van der Waals surface area (Å²) in [5.41, 5.74) is -1.04. The summed E-state index contributed by atoms with van der Waals surface area (Å²) in [4.78, 5) is 9.78. The Hall–Kier alpha value is -0.830. The van der Waals surface area contributed by atoms with Crippen LogP contribution in [0, 0.1) is 59.2 Å². The average molecular weight is 980 g/mol. The summed E-state index contributed by atoms with van der Waals surface area (Å²) < 4.78 is 111.